The van der Waals surface area contributed by atoms with Crippen LogP contribution in [0.3, 0.4) is 0 Å². The van der Waals surface area contributed by atoms with Crippen molar-refractivity contribution in [1.29, 1.82) is 0 Å². The standard InChI is InChI=1S/C9H18N4/c1-8(2)13-7-11-12-9(13)5-3-4-6-10/h7-8H,3-6,10H2,1-2H3. The first kappa shape index (κ1) is 10.2. The summed E-state index contributed by atoms with van der Waals surface area (Å²) in [6, 6.07) is 0.447. The highest BCUT2D eigenvalue weighted by atomic mass is 15.3. The van der Waals surface area contributed by atoms with Gasteiger partial charge in [0.05, 0.1) is 0 Å². The second-order valence-electron chi connectivity index (χ2n) is 3.49. The maximum atomic E-state index is 5.42. The van der Waals surface area contributed by atoms with Crippen molar-refractivity contribution < 1.29 is 0 Å². The molecule has 74 valence electrons. The van der Waals surface area contributed by atoms with Crippen molar-refractivity contribution in [2.24, 2.45) is 5.73 Å². The van der Waals surface area contributed by atoms with Crippen molar-refractivity contribution in [3.63, 3.8) is 0 Å². The van der Waals surface area contributed by atoms with Gasteiger partial charge in [0.15, 0.2) is 0 Å². The van der Waals surface area contributed by atoms with Crippen LogP contribution in [-0.4, -0.2) is 21.3 Å². The molecule has 0 amide bonds. The molecule has 0 aliphatic rings. The van der Waals surface area contributed by atoms with E-state index in [2.05, 4.69) is 28.6 Å². The van der Waals surface area contributed by atoms with Crippen LogP contribution >= 0.6 is 0 Å². The SMILES string of the molecule is CC(C)n1cnnc1CCCCN. The summed E-state index contributed by atoms with van der Waals surface area (Å²) in [6.07, 6.45) is 4.94. The average molecular weight is 182 g/mol. The Morgan fingerprint density at radius 2 is 2.23 bits per heavy atom. The molecule has 0 saturated carbocycles. The Morgan fingerprint density at radius 1 is 1.46 bits per heavy atom. The second-order valence-corrected chi connectivity index (χ2v) is 3.49. The van der Waals surface area contributed by atoms with Gasteiger partial charge in [-0.2, -0.15) is 0 Å². The fourth-order valence-corrected chi connectivity index (χ4v) is 1.30. The quantitative estimate of drug-likeness (QED) is 0.695. The minimum atomic E-state index is 0.447. The normalized spacial score (nSPS) is 11.1. The summed E-state index contributed by atoms with van der Waals surface area (Å²) in [5.41, 5.74) is 5.42. The van der Waals surface area contributed by atoms with E-state index in [4.69, 9.17) is 5.73 Å². The lowest BCUT2D eigenvalue weighted by atomic mass is 10.2. The Bertz CT molecular complexity index is 242. The Morgan fingerprint density at radius 3 is 2.85 bits per heavy atom. The molecular formula is C9H18N4. The van der Waals surface area contributed by atoms with Crippen molar-refractivity contribution in [2.75, 3.05) is 6.54 Å². The van der Waals surface area contributed by atoms with Crippen molar-refractivity contribution in [3.05, 3.63) is 12.2 Å². The molecule has 0 radical (unpaired) electrons. The van der Waals surface area contributed by atoms with E-state index in [-0.39, 0.29) is 0 Å². The third-order valence-electron chi connectivity index (χ3n) is 2.06. The fourth-order valence-electron chi connectivity index (χ4n) is 1.30. The van der Waals surface area contributed by atoms with Gasteiger partial charge in [0.1, 0.15) is 12.2 Å². The zero-order valence-corrected chi connectivity index (χ0v) is 8.40. The van der Waals surface area contributed by atoms with Gasteiger partial charge in [-0.3, -0.25) is 0 Å². The Labute approximate surface area is 79.2 Å². The molecule has 0 saturated heterocycles. The van der Waals surface area contributed by atoms with E-state index >= 15 is 0 Å². The van der Waals surface area contributed by atoms with Crippen LogP contribution in [0.25, 0.3) is 0 Å². The molecule has 0 aromatic carbocycles. The van der Waals surface area contributed by atoms with Crippen LogP contribution in [0, 0.1) is 0 Å². The van der Waals surface area contributed by atoms with E-state index in [0.29, 0.717) is 6.04 Å². The Balaban J connectivity index is 2.50. The topological polar surface area (TPSA) is 56.7 Å². The molecule has 1 aromatic rings. The maximum absolute atomic E-state index is 5.42. The number of nitrogens with two attached hydrogens (primary N) is 1. The fraction of sp³-hybridized carbons (Fsp3) is 0.778. The predicted octanol–water partition coefficient (Wildman–Crippen LogP) is 1.14. The van der Waals surface area contributed by atoms with E-state index in [1.807, 2.05) is 0 Å². The number of rotatable bonds is 5. The number of aromatic nitrogens is 3. The third kappa shape index (κ3) is 2.81. The van der Waals surface area contributed by atoms with E-state index in [1.165, 1.54) is 0 Å². The first-order valence-electron chi connectivity index (χ1n) is 4.84. The van der Waals surface area contributed by atoms with Crippen molar-refractivity contribution >= 4 is 0 Å². The highest BCUT2D eigenvalue weighted by Crippen LogP contribution is 2.08. The molecule has 0 aliphatic heterocycles. The highest BCUT2D eigenvalue weighted by Gasteiger charge is 2.05. The molecule has 0 unspecified atom stereocenters. The van der Waals surface area contributed by atoms with E-state index < -0.39 is 0 Å². The molecule has 0 spiro atoms. The molecule has 0 fully saturated rings. The number of unbranched alkanes of at least 4 members (excludes halogenated alkanes) is 1. The molecule has 2 N–H and O–H groups in total. The zero-order chi connectivity index (χ0) is 9.68. The van der Waals surface area contributed by atoms with Gasteiger partial charge >= 0.3 is 0 Å². The predicted molar refractivity (Wildman–Crippen MR) is 52.4 cm³/mol. The molecule has 4 heteroatoms. The molecule has 13 heavy (non-hydrogen) atoms. The summed E-state index contributed by atoms with van der Waals surface area (Å²) >= 11 is 0. The third-order valence-corrected chi connectivity index (χ3v) is 2.06. The summed E-state index contributed by atoms with van der Waals surface area (Å²) in [5.74, 6) is 1.07. The smallest absolute Gasteiger partial charge is 0.133 e. The lowest BCUT2D eigenvalue weighted by Crippen LogP contribution is -2.06. The van der Waals surface area contributed by atoms with Gasteiger partial charge in [0, 0.05) is 12.5 Å². The summed E-state index contributed by atoms with van der Waals surface area (Å²) in [7, 11) is 0. The highest BCUT2D eigenvalue weighted by molar-refractivity contribution is 4.87. The molecule has 4 nitrogen and oxygen atoms in total. The van der Waals surface area contributed by atoms with Crippen LogP contribution in [-0.2, 0) is 6.42 Å². The van der Waals surface area contributed by atoms with Crippen LogP contribution < -0.4 is 5.73 Å². The summed E-state index contributed by atoms with van der Waals surface area (Å²) in [6.45, 7) is 5.03. The van der Waals surface area contributed by atoms with Gasteiger partial charge in [-0.05, 0) is 33.2 Å². The minimum Gasteiger partial charge on any atom is -0.330 e. The van der Waals surface area contributed by atoms with Gasteiger partial charge < -0.3 is 10.3 Å². The number of hydrogen-bond acceptors (Lipinski definition) is 3. The molecule has 0 atom stereocenters. The van der Waals surface area contributed by atoms with Gasteiger partial charge in [0.25, 0.3) is 0 Å². The molecule has 1 rings (SSSR count). The molecule has 1 heterocycles. The largest absolute Gasteiger partial charge is 0.330 e. The molecule has 0 bridgehead atoms. The lowest BCUT2D eigenvalue weighted by molar-refractivity contribution is 0.556. The van der Waals surface area contributed by atoms with E-state index in [9.17, 15) is 0 Å². The summed E-state index contributed by atoms with van der Waals surface area (Å²) in [5, 5.41) is 7.99. The minimum absolute atomic E-state index is 0.447. The van der Waals surface area contributed by atoms with Crippen LogP contribution in [0.4, 0.5) is 0 Å². The van der Waals surface area contributed by atoms with Crippen LogP contribution in [0.1, 0.15) is 38.6 Å². The number of aryl methyl sites for hydroxylation is 1. The Kier molecular flexibility index (Phi) is 3.89. The lowest BCUT2D eigenvalue weighted by Gasteiger charge is -2.09. The van der Waals surface area contributed by atoms with Crippen molar-refractivity contribution in [1.82, 2.24) is 14.8 Å². The first-order valence-corrected chi connectivity index (χ1v) is 4.84. The van der Waals surface area contributed by atoms with Gasteiger partial charge in [-0.25, -0.2) is 0 Å². The van der Waals surface area contributed by atoms with Crippen molar-refractivity contribution in [3.8, 4) is 0 Å². The molecule has 0 aliphatic carbocycles. The first-order chi connectivity index (χ1) is 6.25. The van der Waals surface area contributed by atoms with Gasteiger partial charge in [-0.15, -0.1) is 10.2 Å². The monoisotopic (exact) mass is 182 g/mol. The number of hydrogen-bond donors (Lipinski definition) is 1. The molecule has 1 aromatic heterocycles. The molecular weight excluding hydrogens is 164 g/mol. The van der Waals surface area contributed by atoms with E-state index in [1.54, 1.807) is 6.33 Å². The van der Waals surface area contributed by atoms with Gasteiger partial charge in [0.2, 0.25) is 0 Å². The summed E-state index contributed by atoms with van der Waals surface area (Å²) < 4.78 is 2.11. The summed E-state index contributed by atoms with van der Waals surface area (Å²) in [4.78, 5) is 0. The average Bonchev–Trinajstić information content (AvgIpc) is 2.53. The van der Waals surface area contributed by atoms with Crippen molar-refractivity contribution in [2.45, 2.75) is 39.2 Å². The maximum Gasteiger partial charge on any atom is 0.133 e. The van der Waals surface area contributed by atoms with Crippen LogP contribution in [0.15, 0.2) is 6.33 Å². The Hall–Kier alpha value is -0.900. The van der Waals surface area contributed by atoms with Gasteiger partial charge in [-0.1, -0.05) is 0 Å². The van der Waals surface area contributed by atoms with Crippen LogP contribution in [0.2, 0.25) is 0 Å². The second kappa shape index (κ2) is 4.97. The van der Waals surface area contributed by atoms with Crippen LogP contribution in [0.5, 0.6) is 0 Å². The zero-order valence-electron chi connectivity index (χ0n) is 8.40. The number of nitrogens with zero attached hydrogens (tertiary/aromatic N) is 3. The van der Waals surface area contributed by atoms with E-state index in [0.717, 1.165) is 31.6 Å².